The third-order valence-corrected chi connectivity index (χ3v) is 4.56. The third kappa shape index (κ3) is 3.26. The third-order valence-electron chi connectivity index (χ3n) is 4.56. The molecular formula is C19H24N4O. The molecule has 24 heavy (non-hydrogen) atoms. The number of nitrogens with zero attached hydrogens (tertiary/aromatic N) is 4. The maximum atomic E-state index is 13.0. The number of carbonyl (C=O) groups excluding carboxylic acids is 1. The fourth-order valence-corrected chi connectivity index (χ4v) is 3.18. The number of anilines is 1. The van der Waals surface area contributed by atoms with E-state index in [1.54, 1.807) is 6.20 Å². The Balaban J connectivity index is 1.84. The first-order chi connectivity index (χ1) is 11.6. The smallest absolute Gasteiger partial charge is 0.257 e. The highest BCUT2D eigenvalue weighted by Crippen LogP contribution is 2.26. The van der Waals surface area contributed by atoms with Gasteiger partial charge in [0.2, 0.25) is 0 Å². The van der Waals surface area contributed by atoms with E-state index in [2.05, 4.69) is 41.2 Å². The minimum absolute atomic E-state index is 0.0563. The second kappa shape index (κ2) is 7.01. The van der Waals surface area contributed by atoms with E-state index in [-0.39, 0.29) is 11.9 Å². The number of rotatable bonds is 3. The monoisotopic (exact) mass is 324 g/mol. The van der Waals surface area contributed by atoms with Gasteiger partial charge in [0, 0.05) is 39.9 Å². The average Bonchev–Trinajstić information content (AvgIpc) is 2.62. The van der Waals surface area contributed by atoms with E-state index in [0.717, 1.165) is 18.9 Å². The Labute approximate surface area is 143 Å². The molecule has 2 aromatic rings. The number of hydrogen-bond acceptors (Lipinski definition) is 4. The maximum absolute atomic E-state index is 13.0. The summed E-state index contributed by atoms with van der Waals surface area (Å²) in [4.78, 5) is 23.6. The number of hydrogen-bond donors (Lipinski definition) is 0. The second-order valence-electron chi connectivity index (χ2n) is 6.43. The maximum Gasteiger partial charge on any atom is 0.257 e. The molecule has 0 bridgehead atoms. The van der Waals surface area contributed by atoms with Gasteiger partial charge in [-0.25, -0.2) is 4.98 Å². The Hall–Kier alpha value is -2.40. The summed E-state index contributed by atoms with van der Waals surface area (Å²) in [6, 6.07) is 14.3. The molecule has 0 N–H and O–H groups in total. The second-order valence-corrected chi connectivity index (χ2v) is 6.43. The number of likely N-dealkylation sites (N-methyl/N-ethyl adjacent to an activating group) is 1. The predicted octanol–water partition coefficient (Wildman–Crippen LogP) is 2.28. The van der Waals surface area contributed by atoms with E-state index in [9.17, 15) is 4.79 Å². The van der Waals surface area contributed by atoms with Gasteiger partial charge in [0.05, 0.1) is 11.6 Å². The Morgan fingerprint density at radius 3 is 2.58 bits per heavy atom. The van der Waals surface area contributed by atoms with Crippen LogP contribution in [0.3, 0.4) is 0 Å². The average molecular weight is 324 g/mol. The van der Waals surface area contributed by atoms with E-state index < -0.39 is 0 Å². The van der Waals surface area contributed by atoms with E-state index in [1.165, 1.54) is 5.56 Å². The summed E-state index contributed by atoms with van der Waals surface area (Å²) in [5.74, 6) is 0.776. The van der Waals surface area contributed by atoms with Crippen molar-refractivity contribution in [3.05, 3.63) is 59.8 Å². The van der Waals surface area contributed by atoms with Crippen molar-refractivity contribution in [3.63, 3.8) is 0 Å². The van der Waals surface area contributed by atoms with Crippen molar-refractivity contribution in [2.24, 2.45) is 0 Å². The van der Waals surface area contributed by atoms with Crippen molar-refractivity contribution >= 4 is 11.7 Å². The van der Waals surface area contributed by atoms with Crippen LogP contribution < -0.4 is 4.90 Å². The first-order valence-electron chi connectivity index (χ1n) is 8.24. The fourth-order valence-electron chi connectivity index (χ4n) is 3.18. The molecule has 0 saturated carbocycles. The Bertz CT molecular complexity index is 702. The topological polar surface area (TPSA) is 39.7 Å². The van der Waals surface area contributed by atoms with Gasteiger partial charge < -0.3 is 9.80 Å². The molecule has 1 unspecified atom stereocenters. The number of pyridine rings is 1. The summed E-state index contributed by atoms with van der Waals surface area (Å²) >= 11 is 0. The zero-order valence-electron chi connectivity index (χ0n) is 14.5. The minimum Gasteiger partial charge on any atom is -0.362 e. The molecule has 1 amide bonds. The van der Waals surface area contributed by atoms with Crippen LogP contribution in [-0.4, -0.2) is 61.5 Å². The lowest BCUT2D eigenvalue weighted by Crippen LogP contribution is -2.49. The molecule has 5 nitrogen and oxygen atoms in total. The van der Waals surface area contributed by atoms with Crippen molar-refractivity contribution in [2.75, 3.05) is 45.7 Å². The minimum atomic E-state index is 0.0563. The highest BCUT2D eigenvalue weighted by molar-refractivity contribution is 5.98. The number of carbonyl (C=O) groups is 1. The van der Waals surface area contributed by atoms with Gasteiger partial charge in [0.25, 0.3) is 5.91 Å². The first-order valence-corrected chi connectivity index (χ1v) is 8.24. The van der Waals surface area contributed by atoms with Crippen molar-refractivity contribution in [1.29, 1.82) is 0 Å². The lowest BCUT2D eigenvalue weighted by Gasteiger charge is -2.40. The zero-order valence-corrected chi connectivity index (χ0v) is 14.5. The van der Waals surface area contributed by atoms with Gasteiger partial charge in [0.15, 0.2) is 0 Å². The van der Waals surface area contributed by atoms with Crippen LogP contribution >= 0.6 is 0 Å². The Kier molecular flexibility index (Phi) is 4.81. The van der Waals surface area contributed by atoms with Crippen molar-refractivity contribution in [3.8, 4) is 0 Å². The van der Waals surface area contributed by atoms with Crippen LogP contribution in [0.1, 0.15) is 22.0 Å². The summed E-state index contributed by atoms with van der Waals surface area (Å²) in [6.45, 7) is 2.30. The molecule has 1 aliphatic heterocycles. The molecule has 1 aromatic heterocycles. The molecular weight excluding hydrogens is 300 g/mol. The standard InChI is InChI=1S/C19H24N4O/c1-21(2)18-16(10-7-11-20-18)19(24)23-13-12-22(3)17(14-23)15-8-5-4-6-9-15/h4-11,17H,12-14H2,1-3H3. The fraction of sp³-hybridized carbons (Fsp3) is 0.368. The van der Waals surface area contributed by atoms with Gasteiger partial charge in [-0.15, -0.1) is 0 Å². The molecule has 0 spiro atoms. The zero-order chi connectivity index (χ0) is 17.1. The lowest BCUT2D eigenvalue weighted by atomic mass is 10.0. The molecule has 3 rings (SSSR count). The molecule has 1 fully saturated rings. The first kappa shape index (κ1) is 16.5. The van der Waals surface area contributed by atoms with Crippen LogP contribution in [-0.2, 0) is 0 Å². The van der Waals surface area contributed by atoms with Gasteiger partial charge in [-0.05, 0) is 24.7 Å². The summed E-state index contributed by atoms with van der Waals surface area (Å²) in [5.41, 5.74) is 1.91. The molecule has 0 aliphatic carbocycles. The van der Waals surface area contributed by atoms with Crippen LogP contribution in [0.15, 0.2) is 48.7 Å². The summed E-state index contributed by atoms with van der Waals surface area (Å²) in [7, 11) is 5.94. The van der Waals surface area contributed by atoms with Crippen molar-refractivity contribution < 1.29 is 4.79 Å². The van der Waals surface area contributed by atoms with Crippen molar-refractivity contribution in [1.82, 2.24) is 14.8 Å². The quantitative estimate of drug-likeness (QED) is 0.868. The Morgan fingerprint density at radius 1 is 1.12 bits per heavy atom. The predicted molar refractivity (Wildman–Crippen MR) is 96.3 cm³/mol. The van der Waals surface area contributed by atoms with Crippen LogP contribution in [0.4, 0.5) is 5.82 Å². The SMILES string of the molecule is CN(C)c1ncccc1C(=O)N1CCN(C)C(c2ccccc2)C1. The van der Waals surface area contributed by atoms with E-state index in [0.29, 0.717) is 12.1 Å². The highest BCUT2D eigenvalue weighted by atomic mass is 16.2. The largest absolute Gasteiger partial charge is 0.362 e. The number of amides is 1. The van der Waals surface area contributed by atoms with Crippen LogP contribution in [0.5, 0.6) is 0 Å². The number of piperazine rings is 1. The van der Waals surface area contributed by atoms with Crippen molar-refractivity contribution in [2.45, 2.75) is 6.04 Å². The van der Waals surface area contributed by atoms with Crippen LogP contribution in [0.25, 0.3) is 0 Å². The molecule has 5 heteroatoms. The summed E-state index contributed by atoms with van der Waals surface area (Å²) in [5, 5.41) is 0. The van der Waals surface area contributed by atoms with Crippen LogP contribution in [0, 0.1) is 0 Å². The molecule has 1 aromatic carbocycles. The van der Waals surface area contributed by atoms with E-state index in [4.69, 9.17) is 0 Å². The van der Waals surface area contributed by atoms with Gasteiger partial charge in [-0.2, -0.15) is 0 Å². The molecule has 1 saturated heterocycles. The summed E-state index contributed by atoms with van der Waals surface area (Å²) in [6.07, 6.45) is 1.73. The van der Waals surface area contributed by atoms with Crippen LogP contribution in [0.2, 0.25) is 0 Å². The van der Waals surface area contributed by atoms with E-state index in [1.807, 2.05) is 42.1 Å². The van der Waals surface area contributed by atoms with Gasteiger partial charge >= 0.3 is 0 Å². The Morgan fingerprint density at radius 2 is 1.88 bits per heavy atom. The van der Waals surface area contributed by atoms with Gasteiger partial charge in [0.1, 0.15) is 5.82 Å². The molecule has 0 radical (unpaired) electrons. The molecule has 1 aliphatic rings. The molecule has 2 heterocycles. The lowest BCUT2D eigenvalue weighted by molar-refractivity contribution is 0.0546. The van der Waals surface area contributed by atoms with Gasteiger partial charge in [-0.3, -0.25) is 9.69 Å². The normalized spacial score (nSPS) is 18.5. The molecule has 126 valence electrons. The number of aromatic nitrogens is 1. The van der Waals surface area contributed by atoms with E-state index >= 15 is 0 Å². The number of benzene rings is 1. The molecule has 1 atom stereocenters. The highest BCUT2D eigenvalue weighted by Gasteiger charge is 2.30. The summed E-state index contributed by atoms with van der Waals surface area (Å²) < 4.78 is 0. The van der Waals surface area contributed by atoms with Gasteiger partial charge in [-0.1, -0.05) is 30.3 Å².